The molecular weight excluding hydrogens is 324 g/mol. The SMILES string of the molecule is O=C(NCCc1ccccc1)Nc1ccc(S(=O)(=O)Cl)cc1. The molecule has 0 heterocycles. The summed E-state index contributed by atoms with van der Waals surface area (Å²) in [7, 11) is 1.47. The fraction of sp³-hybridized carbons (Fsp3) is 0.133. The van der Waals surface area contributed by atoms with Crippen LogP contribution in [0.4, 0.5) is 10.5 Å². The van der Waals surface area contributed by atoms with Crippen molar-refractivity contribution in [2.75, 3.05) is 11.9 Å². The molecule has 0 atom stereocenters. The molecule has 0 spiro atoms. The Balaban J connectivity index is 1.82. The van der Waals surface area contributed by atoms with Gasteiger partial charge in [0.2, 0.25) is 0 Å². The van der Waals surface area contributed by atoms with Gasteiger partial charge in [-0.15, -0.1) is 0 Å². The first-order valence-corrected chi connectivity index (χ1v) is 8.89. The van der Waals surface area contributed by atoms with Gasteiger partial charge in [0.05, 0.1) is 4.90 Å². The van der Waals surface area contributed by atoms with Crippen molar-refractivity contribution in [3.63, 3.8) is 0 Å². The molecular formula is C15H15ClN2O3S. The van der Waals surface area contributed by atoms with E-state index in [0.29, 0.717) is 12.2 Å². The Labute approximate surface area is 133 Å². The molecule has 0 aliphatic heterocycles. The van der Waals surface area contributed by atoms with Gasteiger partial charge >= 0.3 is 6.03 Å². The minimum absolute atomic E-state index is 0.01000. The summed E-state index contributed by atoms with van der Waals surface area (Å²) in [5, 5.41) is 5.35. The topological polar surface area (TPSA) is 75.3 Å². The number of anilines is 1. The van der Waals surface area contributed by atoms with E-state index in [0.717, 1.165) is 12.0 Å². The molecule has 22 heavy (non-hydrogen) atoms. The Kier molecular flexibility index (Phi) is 5.41. The van der Waals surface area contributed by atoms with Crippen molar-refractivity contribution in [1.29, 1.82) is 0 Å². The number of amides is 2. The van der Waals surface area contributed by atoms with Gasteiger partial charge in [-0.3, -0.25) is 0 Å². The van der Waals surface area contributed by atoms with E-state index in [1.54, 1.807) is 0 Å². The largest absolute Gasteiger partial charge is 0.338 e. The van der Waals surface area contributed by atoms with Crippen LogP contribution >= 0.6 is 10.7 Å². The van der Waals surface area contributed by atoms with Crippen LogP contribution < -0.4 is 10.6 Å². The van der Waals surface area contributed by atoms with Crippen molar-refractivity contribution in [2.45, 2.75) is 11.3 Å². The second-order valence-corrected chi connectivity index (χ2v) is 7.14. The number of rotatable bonds is 5. The third-order valence-corrected chi connectivity index (χ3v) is 4.31. The Hall–Kier alpha value is -2.05. The first-order chi connectivity index (χ1) is 10.4. The highest BCUT2D eigenvalue weighted by atomic mass is 35.7. The van der Waals surface area contributed by atoms with Crippen LogP contribution in [-0.4, -0.2) is 21.0 Å². The highest BCUT2D eigenvalue weighted by molar-refractivity contribution is 8.13. The first kappa shape index (κ1) is 16.3. The lowest BCUT2D eigenvalue weighted by Crippen LogP contribution is -2.30. The second kappa shape index (κ2) is 7.29. The zero-order valence-electron chi connectivity index (χ0n) is 11.6. The molecule has 2 amide bonds. The molecule has 0 saturated heterocycles. The Bertz CT molecular complexity index is 731. The van der Waals surface area contributed by atoms with E-state index in [1.165, 1.54) is 24.3 Å². The van der Waals surface area contributed by atoms with Crippen LogP contribution in [-0.2, 0) is 15.5 Å². The molecule has 0 bridgehead atoms. The van der Waals surface area contributed by atoms with Crippen molar-refractivity contribution >= 4 is 31.5 Å². The summed E-state index contributed by atoms with van der Waals surface area (Å²) >= 11 is 0. The van der Waals surface area contributed by atoms with Crippen LogP contribution in [0.3, 0.4) is 0 Å². The normalized spacial score (nSPS) is 11.0. The monoisotopic (exact) mass is 338 g/mol. The third kappa shape index (κ3) is 5.05. The van der Waals surface area contributed by atoms with Crippen LogP contribution in [0.25, 0.3) is 0 Å². The first-order valence-electron chi connectivity index (χ1n) is 6.59. The molecule has 0 saturated carbocycles. The molecule has 116 valence electrons. The number of carbonyl (C=O) groups excluding carboxylic acids is 1. The van der Waals surface area contributed by atoms with E-state index < -0.39 is 9.05 Å². The summed E-state index contributed by atoms with van der Waals surface area (Å²) in [6.07, 6.45) is 0.734. The van der Waals surface area contributed by atoms with E-state index in [9.17, 15) is 13.2 Å². The molecule has 2 N–H and O–H groups in total. The third-order valence-electron chi connectivity index (χ3n) is 2.94. The number of hydrogen-bond donors (Lipinski definition) is 2. The Morgan fingerprint density at radius 2 is 1.64 bits per heavy atom. The summed E-state index contributed by atoms with van der Waals surface area (Å²) in [4.78, 5) is 11.7. The van der Waals surface area contributed by atoms with Gasteiger partial charge in [0.25, 0.3) is 9.05 Å². The molecule has 2 aromatic rings. The van der Waals surface area contributed by atoms with Gasteiger partial charge in [0.1, 0.15) is 0 Å². The molecule has 2 rings (SSSR count). The Morgan fingerprint density at radius 1 is 1.00 bits per heavy atom. The summed E-state index contributed by atoms with van der Waals surface area (Å²) in [5.41, 5.74) is 1.63. The van der Waals surface area contributed by atoms with E-state index in [4.69, 9.17) is 10.7 Å². The molecule has 0 aromatic heterocycles. The van der Waals surface area contributed by atoms with Crippen molar-refractivity contribution < 1.29 is 13.2 Å². The maximum absolute atomic E-state index is 11.7. The van der Waals surface area contributed by atoms with Gasteiger partial charge in [-0.25, -0.2) is 13.2 Å². The standard InChI is InChI=1S/C15H15ClN2O3S/c16-22(20,21)14-8-6-13(7-9-14)18-15(19)17-11-10-12-4-2-1-3-5-12/h1-9H,10-11H2,(H2,17,18,19). The number of halogens is 1. The van der Waals surface area contributed by atoms with E-state index in [-0.39, 0.29) is 10.9 Å². The lowest BCUT2D eigenvalue weighted by molar-refractivity contribution is 0.252. The van der Waals surface area contributed by atoms with Gasteiger partial charge in [-0.2, -0.15) is 0 Å². The van der Waals surface area contributed by atoms with E-state index >= 15 is 0 Å². The quantitative estimate of drug-likeness (QED) is 0.823. The molecule has 0 fully saturated rings. The van der Waals surface area contributed by atoms with Crippen molar-refractivity contribution in [1.82, 2.24) is 5.32 Å². The van der Waals surface area contributed by atoms with E-state index in [2.05, 4.69) is 10.6 Å². The molecule has 0 unspecified atom stereocenters. The Morgan fingerprint density at radius 3 is 2.23 bits per heavy atom. The van der Waals surface area contributed by atoms with Crippen LogP contribution in [0, 0.1) is 0 Å². The number of nitrogens with one attached hydrogen (secondary N) is 2. The van der Waals surface area contributed by atoms with Crippen LogP contribution in [0.1, 0.15) is 5.56 Å². The van der Waals surface area contributed by atoms with Crippen LogP contribution in [0.2, 0.25) is 0 Å². The average Bonchev–Trinajstić information content (AvgIpc) is 2.48. The second-order valence-electron chi connectivity index (χ2n) is 4.58. The van der Waals surface area contributed by atoms with Gasteiger partial charge < -0.3 is 10.6 Å². The molecule has 0 aliphatic rings. The average molecular weight is 339 g/mol. The van der Waals surface area contributed by atoms with Crippen molar-refractivity contribution in [2.24, 2.45) is 0 Å². The van der Waals surface area contributed by atoms with Gasteiger partial charge in [0.15, 0.2) is 0 Å². The molecule has 0 aliphatic carbocycles. The lowest BCUT2D eigenvalue weighted by atomic mass is 10.1. The maximum Gasteiger partial charge on any atom is 0.319 e. The number of hydrogen-bond acceptors (Lipinski definition) is 3. The van der Waals surface area contributed by atoms with Crippen molar-refractivity contribution in [3.05, 3.63) is 60.2 Å². The fourth-order valence-corrected chi connectivity index (χ4v) is 2.61. The predicted octanol–water partition coefficient (Wildman–Crippen LogP) is 2.98. The summed E-state index contributed by atoms with van der Waals surface area (Å²) in [6.45, 7) is 0.504. The minimum Gasteiger partial charge on any atom is -0.338 e. The van der Waals surface area contributed by atoms with Gasteiger partial charge in [-0.05, 0) is 36.2 Å². The zero-order chi connectivity index (χ0) is 16.0. The summed E-state index contributed by atoms with van der Waals surface area (Å²) in [6, 6.07) is 15.1. The molecule has 7 heteroatoms. The van der Waals surface area contributed by atoms with Crippen LogP contribution in [0.5, 0.6) is 0 Å². The molecule has 5 nitrogen and oxygen atoms in total. The highest BCUT2D eigenvalue weighted by Gasteiger charge is 2.09. The maximum atomic E-state index is 11.7. The number of carbonyl (C=O) groups is 1. The van der Waals surface area contributed by atoms with Gasteiger partial charge in [-0.1, -0.05) is 30.3 Å². The summed E-state index contributed by atoms with van der Waals surface area (Å²) in [5.74, 6) is 0. The van der Waals surface area contributed by atoms with Crippen molar-refractivity contribution in [3.8, 4) is 0 Å². The molecule has 2 aromatic carbocycles. The molecule has 0 radical (unpaired) electrons. The summed E-state index contributed by atoms with van der Waals surface area (Å²) < 4.78 is 22.2. The highest BCUT2D eigenvalue weighted by Crippen LogP contribution is 2.17. The predicted molar refractivity (Wildman–Crippen MR) is 86.6 cm³/mol. The smallest absolute Gasteiger partial charge is 0.319 e. The fourth-order valence-electron chi connectivity index (χ4n) is 1.84. The van der Waals surface area contributed by atoms with Crippen LogP contribution in [0.15, 0.2) is 59.5 Å². The number of benzene rings is 2. The lowest BCUT2D eigenvalue weighted by Gasteiger charge is -2.08. The minimum atomic E-state index is -3.75. The van der Waals surface area contributed by atoms with Gasteiger partial charge in [0, 0.05) is 22.9 Å². The van der Waals surface area contributed by atoms with E-state index in [1.807, 2.05) is 30.3 Å². The number of urea groups is 1. The zero-order valence-corrected chi connectivity index (χ0v) is 13.2.